The van der Waals surface area contributed by atoms with Crippen LogP contribution < -0.4 is 5.32 Å². The number of carboxylic acid groups (broad SMARTS) is 1. The van der Waals surface area contributed by atoms with E-state index in [1.165, 1.54) is 19.1 Å². The van der Waals surface area contributed by atoms with E-state index in [4.69, 9.17) is 9.52 Å². The van der Waals surface area contributed by atoms with Crippen LogP contribution in [0.1, 0.15) is 37.7 Å². The number of carboxylic acids is 1. The van der Waals surface area contributed by atoms with Crippen LogP contribution in [0.2, 0.25) is 0 Å². The third kappa shape index (κ3) is 3.92. The first-order valence-corrected chi connectivity index (χ1v) is 7.12. The van der Waals surface area contributed by atoms with E-state index in [1.807, 2.05) is 13.8 Å². The van der Waals surface area contributed by atoms with Crippen molar-refractivity contribution in [1.29, 1.82) is 0 Å². The van der Waals surface area contributed by atoms with Crippen molar-refractivity contribution in [1.82, 2.24) is 5.32 Å². The lowest BCUT2D eigenvalue weighted by Crippen LogP contribution is -2.40. The van der Waals surface area contributed by atoms with Gasteiger partial charge in [-0.25, -0.2) is 4.79 Å². The molecule has 1 heterocycles. The van der Waals surface area contributed by atoms with Gasteiger partial charge in [-0.1, -0.05) is 6.92 Å². The van der Waals surface area contributed by atoms with Crippen molar-refractivity contribution in [3.63, 3.8) is 0 Å². The lowest BCUT2D eigenvalue weighted by Gasteiger charge is -2.15. The first-order chi connectivity index (χ1) is 8.86. The van der Waals surface area contributed by atoms with Crippen molar-refractivity contribution in [3.8, 4) is 0 Å². The number of nitrogens with one attached hydrogen (secondary N) is 1. The molecule has 3 unspecified atom stereocenters. The fourth-order valence-corrected chi connectivity index (χ4v) is 2.26. The van der Waals surface area contributed by atoms with Gasteiger partial charge >= 0.3 is 5.97 Å². The quantitative estimate of drug-likeness (QED) is 0.824. The number of carbonyl (C=O) groups excluding carboxylic acids is 1. The van der Waals surface area contributed by atoms with Crippen molar-refractivity contribution >= 4 is 22.7 Å². The zero-order valence-electron chi connectivity index (χ0n) is 11.0. The van der Waals surface area contributed by atoms with E-state index in [2.05, 4.69) is 5.32 Å². The zero-order chi connectivity index (χ0) is 14.6. The maximum absolute atomic E-state index is 12.1. The van der Waals surface area contributed by atoms with Gasteiger partial charge in [0, 0.05) is 6.04 Å². The topological polar surface area (TPSA) is 96.6 Å². The Kier molecular flexibility index (Phi) is 5.29. The summed E-state index contributed by atoms with van der Waals surface area (Å²) < 4.78 is 17.0. The zero-order valence-corrected chi connectivity index (χ0v) is 11.8. The summed E-state index contributed by atoms with van der Waals surface area (Å²) in [5.74, 6) is -1.88. The average Bonchev–Trinajstić information content (AvgIpc) is 2.86. The van der Waals surface area contributed by atoms with Gasteiger partial charge in [-0.15, -0.1) is 0 Å². The molecule has 2 N–H and O–H groups in total. The molecule has 0 aliphatic heterocycles. The van der Waals surface area contributed by atoms with Crippen LogP contribution in [-0.4, -0.2) is 32.5 Å². The molecule has 0 radical (unpaired) electrons. The summed E-state index contributed by atoms with van der Waals surface area (Å²) in [5.41, 5.74) is 0. The Hall–Kier alpha value is -1.63. The van der Waals surface area contributed by atoms with Crippen LogP contribution in [0.3, 0.4) is 0 Å². The number of amides is 1. The van der Waals surface area contributed by atoms with E-state index in [0.29, 0.717) is 0 Å². The predicted octanol–water partition coefficient (Wildman–Crippen LogP) is 1.39. The molecule has 0 bridgehead atoms. The third-order valence-corrected chi connectivity index (χ3v) is 4.15. The Bertz CT molecular complexity index is 496. The van der Waals surface area contributed by atoms with E-state index < -0.39 is 22.0 Å². The van der Waals surface area contributed by atoms with Gasteiger partial charge in [-0.2, -0.15) is 0 Å². The van der Waals surface area contributed by atoms with Crippen LogP contribution in [0.25, 0.3) is 0 Å². The molecule has 0 saturated heterocycles. The summed E-state index contributed by atoms with van der Waals surface area (Å²) >= 11 is 0. The highest BCUT2D eigenvalue weighted by atomic mass is 32.2. The molecule has 1 amide bonds. The lowest BCUT2D eigenvalue weighted by molar-refractivity contribution is -0.121. The molecule has 19 heavy (non-hydrogen) atoms. The maximum atomic E-state index is 12.1. The Morgan fingerprint density at radius 1 is 1.42 bits per heavy atom. The van der Waals surface area contributed by atoms with E-state index >= 15 is 0 Å². The van der Waals surface area contributed by atoms with Gasteiger partial charge in [0.05, 0.1) is 0 Å². The highest BCUT2D eigenvalue weighted by Gasteiger charge is 2.25. The molecule has 1 aromatic heterocycles. The van der Waals surface area contributed by atoms with E-state index in [9.17, 15) is 13.8 Å². The molecule has 3 atom stereocenters. The van der Waals surface area contributed by atoms with Gasteiger partial charge in [0.15, 0.2) is 5.09 Å². The number of carbonyl (C=O) groups is 2. The number of rotatable bonds is 6. The largest absolute Gasteiger partial charge is 0.475 e. The van der Waals surface area contributed by atoms with E-state index in [0.717, 1.165) is 6.42 Å². The molecule has 1 aromatic rings. The molecule has 1 rings (SSSR count). The summed E-state index contributed by atoms with van der Waals surface area (Å²) in [7, 11) is -1.71. The van der Waals surface area contributed by atoms with Crippen LogP contribution in [0, 0.1) is 0 Å². The predicted molar refractivity (Wildman–Crippen MR) is 69.4 cm³/mol. The van der Waals surface area contributed by atoms with Gasteiger partial charge in [-0.3, -0.25) is 9.00 Å². The number of furan rings is 1. The standard InChI is InChI=1S/C12H17NO5S/c1-4-7(2)13-11(14)8(3)19(17)10-6-5-9(18-10)12(15)16/h5-8H,4H2,1-3H3,(H,13,14)(H,15,16). The van der Waals surface area contributed by atoms with Crippen LogP contribution in [0.5, 0.6) is 0 Å². The van der Waals surface area contributed by atoms with E-state index in [-0.39, 0.29) is 22.8 Å². The highest BCUT2D eigenvalue weighted by Crippen LogP contribution is 2.16. The molecule has 7 heteroatoms. The number of aromatic carboxylic acids is 1. The lowest BCUT2D eigenvalue weighted by atomic mass is 10.2. The molecule has 0 fully saturated rings. The van der Waals surface area contributed by atoms with Gasteiger partial charge in [0.1, 0.15) is 16.0 Å². The van der Waals surface area contributed by atoms with Crippen LogP contribution in [-0.2, 0) is 15.6 Å². The van der Waals surface area contributed by atoms with Crippen molar-refractivity contribution in [2.45, 2.75) is 43.6 Å². The first-order valence-electron chi connectivity index (χ1n) is 5.90. The Labute approximate surface area is 113 Å². The molecule has 0 aliphatic carbocycles. The summed E-state index contributed by atoms with van der Waals surface area (Å²) in [6, 6.07) is 2.53. The summed E-state index contributed by atoms with van der Waals surface area (Å²) in [5, 5.41) is 10.6. The van der Waals surface area contributed by atoms with E-state index in [1.54, 1.807) is 0 Å². The normalized spacial score (nSPS) is 15.5. The fraction of sp³-hybridized carbons (Fsp3) is 0.500. The number of hydrogen-bond donors (Lipinski definition) is 2. The molecule has 106 valence electrons. The van der Waals surface area contributed by atoms with Gasteiger partial charge in [0.25, 0.3) is 0 Å². The van der Waals surface area contributed by atoms with Crippen molar-refractivity contribution in [3.05, 3.63) is 17.9 Å². The average molecular weight is 287 g/mol. The SMILES string of the molecule is CCC(C)NC(=O)C(C)S(=O)c1ccc(C(=O)O)o1. The first kappa shape index (κ1) is 15.4. The Balaban J connectivity index is 2.75. The van der Waals surface area contributed by atoms with Crippen molar-refractivity contribution in [2.75, 3.05) is 0 Å². The Morgan fingerprint density at radius 2 is 2.05 bits per heavy atom. The molecule has 0 spiro atoms. The summed E-state index contributed by atoms with van der Waals surface area (Å²) in [6.07, 6.45) is 0.773. The van der Waals surface area contributed by atoms with Crippen LogP contribution in [0.15, 0.2) is 21.6 Å². The molecule has 6 nitrogen and oxygen atoms in total. The van der Waals surface area contributed by atoms with Gasteiger partial charge in [-0.05, 0) is 32.4 Å². The minimum Gasteiger partial charge on any atom is -0.475 e. The second-order valence-corrected chi connectivity index (χ2v) is 5.89. The fourth-order valence-electron chi connectivity index (χ4n) is 1.28. The monoisotopic (exact) mass is 287 g/mol. The van der Waals surface area contributed by atoms with Gasteiger partial charge < -0.3 is 14.8 Å². The van der Waals surface area contributed by atoms with Crippen molar-refractivity contribution < 1.29 is 23.3 Å². The second-order valence-electron chi connectivity index (χ2n) is 4.18. The molecule has 0 saturated carbocycles. The minimum atomic E-state index is -1.71. The van der Waals surface area contributed by atoms with Crippen molar-refractivity contribution in [2.24, 2.45) is 0 Å². The molecule has 0 aromatic carbocycles. The molecular formula is C12H17NO5S. The minimum absolute atomic E-state index is 0.00173. The number of hydrogen-bond acceptors (Lipinski definition) is 4. The Morgan fingerprint density at radius 3 is 2.53 bits per heavy atom. The second kappa shape index (κ2) is 6.51. The van der Waals surface area contributed by atoms with Gasteiger partial charge in [0.2, 0.25) is 11.7 Å². The summed E-state index contributed by atoms with van der Waals surface area (Å²) in [6.45, 7) is 5.29. The summed E-state index contributed by atoms with van der Waals surface area (Å²) in [4.78, 5) is 22.5. The molecule has 0 aliphatic rings. The smallest absolute Gasteiger partial charge is 0.371 e. The maximum Gasteiger partial charge on any atom is 0.371 e. The highest BCUT2D eigenvalue weighted by molar-refractivity contribution is 7.86. The third-order valence-electron chi connectivity index (χ3n) is 2.68. The van der Waals surface area contributed by atoms with Crippen LogP contribution >= 0.6 is 0 Å². The molecular weight excluding hydrogens is 270 g/mol. The van der Waals surface area contributed by atoms with Crippen LogP contribution in [0.4, 0.5) is 0 Å².